The number of benzene rings is 1. The van der Waals surface area contributed by atoms with Crippen LogP contribution in [-0.4, -0.2) is 23.7 Å². The number of hydrogen-bond acceptors (Lipinski definition) is 3. The molecule has 0 heterocycles. The highest BCUT2D eigenvalue weighted by Crippen LogP contribution is 2.21. The van der Waals surface area contributed by atoms with Gasteiger partial charge in [0.2, 0.25) is 0 Å². The van der Waals surface area contributed by atoms with Gasteiger partial charge in [-0.1, -0.05) is 12.1 Å². The van der Waals surface area contributed by atoms with Crippen LogP contribution in [0.2, 0.25) is 0 Å². The van der Waals surface area contributed by atoms with Crippen molar-refractivity contribution in [3.63, 3.8) is 0 Å². The van der Waals surface area contributed by atoms with Gasteiger partial charge in [-0.15, -0.1) is 0 Å². The number of nitriles is 1. The van der Waals surface area contributed by atoms with Gasteiger partial charge in [0.15, 0.2) is 0 Å². The van der Waals surface area contributed by atoms with Crippen LogP contribution in [0.25, 0.3) is 0 Å². The van der Waals surface area contributed by atoms with E-state index in [0.29, 0.717) is 12.1 Å². The van der Waals surface area contributed by atoms with Gasteiger partial charge < -0.3 is 10.0 Å². The Morgan fingerprint density at radius 2 is 2.12 bits per heavy atom. The van der Waals surface area contributed by atoms with Gasteiger partial charge in [-0.2, -0.15) is 5.26 Å². The van der Waals surface area contributed by atoms with Gasteiger partial charge in [0.25, 0.3) is 0 Å². The molecule has 1 aromatic carbocycles. The molecule has 4 heteroatoms. The van der Waals surface area contributed by atoms with Gasteiger partial charge in [0.1, 0.15) is 6.07 Å². The van der Waals surface area contributed by atoms with Crippen molar-refractivity contribution in [3.05, 3.63) is 29.8 Å². The second kappa shape index (κ2) is 5.90. The molecule has 0 radical (unpaired) electrons. The molecule has 1 rings (SSSR count). The topological polar surface area (TPSA) is 64.3 Å². The van der Waals surface area contributed by atoms with Crippen LogP contribution in [0.1, 0.15) is 25.8 Å². The van der Waals surface area contributed by atoms with Crippen molar-refractivity contribution in [2.45, 2.75) is 26.3 Å². The van der Waals surface area contributed by atoms with Crippen LogP contribution in [-0.2, 0) is 4.79 Å². The average molecular weight is 232 g/mol. The smallest absolute Gasteiger partial charge is 0.305 e. The van der Waals surface area contributed by atoms with Gasteiger partial charge in [0, 0.05) is 12.6 Å². The van der Waals surface area contributed by atoms with E-state index in [0.717, 1.165) is 5.69 Å². The number of hydrogen-bond donors (Lipinski definition) is 1. The van der Waals surface area contributed by atoms with E-state index in [-0.39, 0.29) is 12.5 Å². The molecule has 0 unspecified atom stereocenters. The molecule has 0 bridgehead atoms. The van der Waals surface area contributed by atoms with Crippen LogP contribution in [0, 0.1) is 11.3 Å². The van der Waals surface area contributed by atoms with Crippen molar-refractivity contribution in [1.29, 1.82) is 5.26 Å². The lowest BCUT2D eigenvalue weighted by Crippen LogP contribution is -2.33. The van der Waals surface area contributed by atoms with Crippen LogP contribution in [0.4, 0.5) is 5.69 Å². The Bertz CT molecular complexity index is 435. The SMILES string of the molecule is CC(C)N(CCC(=O)O)c1ccccc1C#N. The predicted molar refractivity (Wildman–Crippen MR) is 65.9 cm³/mol. The van der Waals surface area contributed by atoms with Gasteiger partial charge in [-0.05, 0) is 26.0 Å². The van der Waals surface area contributed by atoms with Crippen molar-refractivity contribution >= 4 is 11.7 Å². The monoisotopic (exact) mass is 232 g/mol. The number of carbonyl (C=O) groups is 1. The lowest BCUT2D eigenvalue weighted by atomic mass is 10.1. The zero-order valence-corrected chi connectivity index (χ0v) is 10.1. The van der Waals surface area contributed by atoms with Crippen LogP contribution < -0.4 is 4.90 Å². The fourth-order valence-corrected chi connectivity index (χ4v) is 1.69. The lowest BCUT2D eigenvalue weighted by molar-refractivity contribution is -0.136. The predicted octanol–water partition coefficient (Wildman–Crippen LogP) is 2.25. The first kappa shape index (κ1) is 13.0. The number of carboxylic acid groups (broad SMARTS) is 1. The van der Waals surface area contributed by atoms with Crippen LogP contribution in [0.15, 0.2) is 24.3 Å². The summed E-state index contributed by atoms with van der Waals surface area (Å²) in [6, 6.07) is 9.53. The first-order valence-corrected chi connectivity index (χ1v) is 5.53. The van der Waals surface area contributed by atoms with E-state index in [2.05, 4.69) is 6.07 Å². The Kier molecular flexibility index (Phi) is 4.53. The quantitative estimate of drug-likeness (QED) is 0.845. The number of nitrogens with zero attached hydrogens (tertiary/aromatic N) is 2. The minimum atomic E-state index is -0.829. The van der Waals surface area contributed by atoms with Gasteiger partial charge in [-0.3, -0.25) is 4.79 Å². The summed E-state index contributed by atoms with van der Waals surface area (Å²) in [5.41, 5.74) is 1.37. The highest BCUT2D eigenvalue weighted by Gasteiger charge is 2.15. The molecule has 0 spiro atoms. The molecule has 90 valence electrons. The lowest BCUT2D eigenvalue weighted by Gasteiger charge is -2.29. The van der Waals surface area contributed by atoms with E-state index in [1.54, 1.807) is 12.1 Å². The Morgan fingerprint density at radius 1 is 1.47 bits per heavy atom. The molecule has 0 aliphatic heterocycles. The molecule has 0 fully saturated rings. The summed E-state index contributed by atoms with van der Waals surface area (Å²) >= 11 is 0. The second-order valence-electron chi connectivity index (χ2n) is 4.06. The molecule has 0 saturated carbocycles. The summed E-state index contributed by atoms with van der Waals surface area (Å²) in [7, 11) is 0. The maximum Gasteiger partial charge on any atom is 0.305 e. The molecule has 0 aromatic heterocycles. The zero-order valence-electron chi connectivity index (χ0n) is 10.1. The fourth-order valence-electron chi connectivity index (χ4n) is 1.69. The Hall–Kier alpha value is -2.02. The fraction of sp³-hybridized carbons (Fsp3) is 0.385. The minimum absolute atomic E-state index is 0.0674. The molecule has 0 atom stereocenters. The maximum absolute atomic E-state index is 10.6. The van der Waals surface area contributed by atoms with Crippen molar-refractivity contribution in [2.75, 3.05) is 11.4 Å². The summed E-state index contributed by atoms with van der Waals surface area (Å²) in [5, 5.41) is 17.8. The van der Waals surface area contributed by atoms with Gasteiger partial charge in [-0.25, -0.2) is 0 Å². The third-order valence-corrected chi connectivity index (χ3v) is 2.52. The summed E-state index contributed by atoms with van der Waals surface area (Å²) in [4.78, 5) is 12.6. The van der Waals surface area contributed by atoms with Crippen LogP contribution in [0.5, 0.6) is 0 Å². The highest BCUT2D eigenvalue weighted by molar-refractivity contribution is 5.68. The molecule has 0 aliphatic carbocycles. The maximum atomic E-state index is 10.6. The second-order valence-corrected chi connectivity index (χ2v) is 4.06. The molecule has 1 N–H and O–H groups in total. The molecular weight excluding hydrogens is 216 g/mol. The molecule has 4 nitrogen and oxygen atoms in total. The highest BCUT2D eigenvalue weighted by atomic mass is 16.4. The molecule has 0 amide bonds. The number of rotatable bonds is 5. The van der Waals surface area contributed by atoms with Crippen molar-refractivity contribution in [3.8, 4) is 6.07 Å². The Balaban J connectivity index is 2.98. The van der Waals surface area contributed by atoms with Crippen LogP contribution in [0.3, 0.4) is 0 Å². The summed E-state index contributed by atoms with van der Waals surface area (Å²) in [6.07, 6.45) is 0.0674. The third kappa shape index (κ3) is 3.49. The number of para-hydroxylation sites is 1. The summed E-state index contributed by atoms with van der Waals surface area (Å²) < 4.78 is 0. The average Bonchev–Trinajstić information content (AvgIpc) is 2.29. The number of aliphatic carboxylic acids is 1. The van der Waals surface area contributed by atoms with E-state index >= 15 is 0 Å². The molecule has 0 aliphatic rings. The number of carboxylic acids is 1. The van der Waals surface area contributed by atoms with Gasteiger partial charge in [0.05, 0.1) is 17.7 Å². The summed E-state index contributed by atoms with van der Waals surface area (Å²) in [5.74, 6) is -0.829. The standard InChI is InChI=1S/C13H16N2O2/c1-10(2)15(8-7-13(16)17)12-6-4-3-5-11(12)9-14/h3-6,10H,7-8H2,1-2H3,(H,16,17). The summed E-state index contributed by atoms with van der Waals surface area (Å²) in [6.45, 7) is 4.37. The minimum Gasteiger partial charge on any atom is -0.481 e. The third-order valence-electron chi connectivity index (χ3n) is 2.52. The van der Waals surface area contributed by atoms with Gasteiger partial charge >= 0.3 is 5.97 Å². The van der Waals surface area contributed by atoms with E-state index in [4.69, 9.17) is 10.4 Å². The Morgan fingerprint density at radius 3 is 2.65 bits per heavy atom. The van der Waals surface area contributed by atoms with Crippen molar-refractivity contribution < 1.29 is 9.90 Å². The first-order valence-electron chi connectivity index (χ1n) is 5.53. The molecule has 1 aromatic rings. The van der Waals surface area contributed by atoms with E-state index in [9.17, 15) is 4.79 Å². The van der Waals surface area contributed by atoms with Crippen molar-refractivity contribution in [2.24, 2.45) is 0 Å². The van der Waals surface area contributed by atoms with E-state index in [1.165, 1.54) is 0 Å². The van der Waals surface area contributed by atoms with Crippen LogP contribution >= 0.6 is 0 Å². The first-order chi connectivity index (χ1) is 8.06. The van der Waals surface area contributed by atoms with E-state index in [1.807, 2.05) is 30.9 Å². The van der Waals surface area contributed by atoms with E-state index < -0.39 is 5.97 Å². The molecular formula is C13H16N2O2. The molecule has 0 saturated heterocycles. The van der Waals surface area contributed by atoms with Crippen molar-refractivity contribution in [1.82, 2.24) is 0 Å². The largest absolute Gasteiger partial charge is 0.481 e. The normalized spacial score (nSPS) is 10.0. The zero-order chi connectivity index (χ0) is 12.8. The molecule has 17 heavy (non-hydrogen) atoms. The Labute approximate surface area is 101 Å². The number of anilines is 1.